The van der Waals surface area contributed by atoms with Crippen LogP contribution in [0.5, 0.6) is 5.75 Å². The molecule has 5 heteroatoms. The van der Waals surface area contributed by atoms with Crippen molar-refractivity contribution in [2.24, 2.45) is 0 Å². The molecule has 3 rings (SSSR count). The molecule has 0 unspecified atom stereocenters. The quantitative estimate of drug-likeness (QED) is 0.742. The maximum Gasteiger partial charge on any atom is 0.220 e. The fraction of sp³-hybridized carbons (Fsp3) is 0.333. The number of nitrogens with one attached hydrogen (secondary N) is 1. The highest BCUT2D eigenvalue weighted by Gasteiger charge is 2.17. The van der Waals surface area contributed by atoms with Gasteiger partial charge < -0.3 is 15.0 Å². The molecule has 1 aliphatic heterocycles. The second kappa shape index (κ2) is 8.52. The van der Waals surface area contributed by atoms with Crippen LogP contribution >= 0.6 is 0 Å². The number of carbonyl (C=O) groups excluding carboxylic acids is 2. The SMILES string of the molecule is COc1cccc(C(=O)CCC(=O)NCCN2CCc3ccccc32)c1. The molecule has 0 fully saturated rings. The lowest BCUT2D eigenvalue weighted by molar-refractivity contribution is -0.121. The van der Waals surface area contributed by atoms with Crippen molar-refractivity contribution in [3.05, 3.63) is 59.7 Å². The summed E-state index contributed by atoms with van der Waals surface area (Å²) in [5, 5.41) is 2.91. The lowest BCUT2D eigenvalue weighted by Crippen LogP contribution is -2.34. The number of carbonyl (C=O) groups is 2. The molecule has 26 heavy (non-hydrogen) atoms. The van der Waals surface area contributed by atoms with Gasteiger partial charge in [0.1, 0.15) is 5.75 Å². The Bertz CT molecular complexity index is 788. The summed E-state index contributed by atoms with van der Waals surface area (Å²) in [6.45, 7) is 2.36. The average Bonchev–Trinajstić information content (AvgIpc) is 3.09. The monoisotopic (exact) mass is 352 g/mol. The van der Waals surface area contributed by atoms with E-state index in [0.29, 0.717) is 17.9 Å². The van der Waals surface area contributed by atoms with Crippen molar-refractivity contribution in [2.75, 3.05) is 31.6 Å². The van der Waals surface area contributed by atoms with Crippen molar-refractivity contribution in [1.29, 1.82) is 0 Å². The third-order valence-electron chi connectivity index (χ3n) is 4.66. The number of Topliss-reactive ketones (excluding diaryl/α,β-unsaturated/α-hetero) is 1. The van der Waals surface area contributed by atoms with Crippen molar-refractivity contribution in [3.63, 3.8) is 0 Å². The number of hydrogen-bond acceptors (Lipinski definition) is 4. The predicted octanol–water partition coefficient (Wildman–Crippen LogP) is 2.84. The number of fused-ring (bicyclic) bond motifs is 1. The normalized spacial score (nSPS) is 12.6. The highest BCUT2D eigenvalue weighted by Crippen LogP contribution is 2.26. The zero-order chi connectivity index (χ0) is 18.4. The molecule has 1 aliphatic rings. The number of methoxy groups -OCH3 is 1. The van der Waals surface area contributed by atoms with E-state index < -0.39 is 0 Å². The summed E-state index contributed by atoms with van der Waals surface area (Å²) in [7, 11) is 1.57. The molecule has 0 aliphatic carbocycles. The summed E-state index contributed by atoms with van der Waals surface area (Å²) in [5.74, 6) is 0.507. The van der Waals surface area contributed by atoms with E-state index in [1.165, 1.54) is 11.3 Å². The van der Waals surface area contributed by atoms with Gasteiger partial charge in [0.25, 0.3) is 0 Å². The molecular weight excluding hydrogens is 328 g/mol. The number of ketones is 1. The van der Waals surface area contributed by atoms with Crippen LogP contribution in [0.3, 0.4) is 0 Å². The van der Waals surface area contributed by atoms with Gasteiger partial charge in [0.15, 0.2) is 5.78 Å². The third-order valence-corrected chi connectivity index (χ3v) is 4.66. The summed E-state index contributed by atoms with van der Waals surface area (Å²) in [6, 6.07) is 15.4. The molecule has 136 valence electrons. The molecular formula is C21H24N2O3. The van der Waals surface area contributed by atoms with Crippen molar-refractivity contribution < 1.29 is 14.3 Å². The molecule has 2 aromatic carbocycles. The Kier molecular flexibility index (Phi) is 5.89. The van der Waals surface area contributed by atoms with Gasteiger partial charge in [0, 0.05) is 43.7 Å². The van der Waals surface area contributed by atoms with E-state index in [9.17, 15) is 9.59 Å². The molecule has 1 N–H and O–H groups in total. The van der Waals surface area contributed by atoms with Crippen LogP contribution < -0.4 is 15.0 Å². The van der Waals surface area contributed by atoms with Crippen molar-refractivity contribution >= 4 is 17.4 Å². The van der Waals surface area contributed by atoms with Crippen LogP contribution in [0, 0.1) is 0 Å². The number of rotatable bonds is 8. The third kappa shape index (κ3) is 4.42. The highest BCUT2D eigenvalue weighted by atomic mass is 16.5. The molecule has 2 aromatic rings. The van der Waals surface area contributed by atoms with Gasteiger partial charge in [0.2, 0.25) is 5.91 Å². The number of ether oxygens (including phenoxy) is 1. The fourth-order valence-corrected chi connectivity index (χ4v) is 3.23. The fourth-order valence-electron chi connectivity index (χ4n) is 3.23. The van der Waals surface area contributed by atoms with E-state index in [-0.39, 0.29) is 24.5 Å². The molecule has 0 radical (unpaired) electrons. The second-order valence-corrected chi connectivity index (χ2v) is 6.37. The minimum absolute atomic E-state index is 0.0486. The number of hydrogen-bond donors (Lipinski definition) is 1. The van der Waals surface area contributed by atoms with Gasteiger partial charge in [-0.3, -0.25) is 9.59 Å². The summed E-state index contributed by atoms with van der Waals surface area (Å²) < 4.78 is 5.12. The first-order chi connectivity index (χ1) is 12.7. The molecule has 0 spiro atoms. The number of anilines is 1. The summed E-state index contributed by atoms with van der Waals surface area (Å²) >= 11 is 0. The Morgan fingerprint density at radius 3 is 2.81 bits per heavy atom. The van der Waals surface area contributed by atoms with Gasteiger partial charge in [-0.25, -0.2) is 0 Å². The Morgan fingerprint density at radius 2 is 1.96 bits per heavy atom. The second-order valence-electron chi connectivity index (χ2n) is 6.37. The lowest BCUT2D eigenvalue weighted by atomic mass is 10.1. The molecule has 0 atom stereocenters. The van der Waals surface area contributed by atoms with Gasteiger partial charge in [-0.05, 0) is 30.2 Å². The van der Waals surface area contributed by atoms with Gasteiger partial charge in [-0.1, -0.05) is 30.3 Å². The van der Waals surface area contributed by atoms with Crippen LogP contribution in [0.15, 0.2) is 48.5 Å². The van der Waals surface area contributed by atoms with E-state index in [1.54, 1.807) is 31.4 Å². The lowest BCUT2D eigenvalue weighted by Gasteiger charge is -2.19. The first-order valence-corrected chi connectivity index (χ1v) is 8.94. The first kappa shape index (κ1) is 18.0. The zero-order valence-electron chi connectivity index (χ0n) is 15.0. The van der Waals surface area contributed by atoms with Crippen LogP contribution in [-0.2, 0) is 11.2 Å². The minimum atomic E-state index is -0.0891. The van der Waals surface area contributed by atoms with Gasteiger partial charge in [-0.15, -0.1) is 0 Å². The molecule has 1 heterocycles. The van der Waals surface area contributed by atoms with Crippen LogP contribution in [0.1, 0.15) is 28.8 Å². The van der Waals surface area contributed by atoms with Crippen LogP contribution in [0.4, 0.5) is 5.69 Å². The van der Waals surface area contributed by atoms with E-state index in [2.05, 4.69) is 28.4 Å². The van der Waals surface area contributed by atoms with Crippen LogP contribution in [0.2, 0.25) is 0 Å². The molecule has 0 saturated heterocycles. The Balaban J connectivity index is 1.40. The predicted molar refractivity (Wildman–Crippen MR) is 102 cm³/mol. The van der Waals surface area contributed by atoms with Gasteiger partial charge in [0.05, 0.1) is 7.11 Å². The Hall–Kier alpha value is -2.82. The Labute approximate surface area is 154 Å². The zero-order valence-corrected chi connectivity index (χ0v) is 15.0. The number of benzene rings is 2. The molecule has 0 saturated carbocycles. The van der Waals surface area contributed by atoms with Gasteiger partial charge in [-0.2, -0.15) is 0 Å². The van der Waals surface area contributed by atoms with Crippen molar-refractivity contribution in [2.45, 2.75) is 19.3 Å². The van der Waals surface area contributed by atoms with Gasteiger partial charge >= 0.3 is 0 Å². The highest BCUT2D eigenvalue weighted by molar-refractivity contribution is 5.98. The maximum atomic E-state index is 12.2. The molecule has 1 amide bonds. The minimum Gasteiger partial charge on any atom is -0.497 e. The maximum absolute atomic E-state index is 12.2. The molecule has 5 nitrogen and oxygen atoms in total. The van der Waals surface area contributed by atoms with Crippen LogP contribution in [0.25, 0.3) is 0 Å². The van der Waals surface area contributed by atoms with E-state index in [1.807, 2.05) is 6.07 Å². The number of para-hydroxylation sites is 1. The first-order valence-electron chi connectivity index (χ1n) is 8.94. The molecule has 0 bridgehead atoms. The van der Waals surface area contributed by atoms with E-state index in [0.717, 1.165) is 19.5 Å². The largest absolute Gasteiger partial charge is 0.497 e. The summed E-state index contributed by atoms with van der Waals surface area (Å²) in [4.78, 5) is 26.5. The van der Waals surface area contributed by atoms with E-state index >= 15 is 0 Å². The summed E-state index contributed by atoms with van der Waals surface area (Å²) in [6.07, 6.45) is 1.46. The standard InChI is InChI=1S/C21H24N2O3/c1-26-18-7-4-6-17(15-18)20(24)9-10-21(25)22-12-14-23-13-11-16-5-2-3-8-19(16)23/h2-8,15H,9-14H2,1H3,(H,22,25). The Morgan fingerprint density at radius 1 is 1.12 bits per heavy atom. The smallest absolute Gasteiger partial charge is 0.220 e. The summed E-state index contributed by atoms with van der Waals surface area (Å²) in [5.41, 5.74) is 3.20. The van der Waals surface area contributed by atoms with Crippen molar-refractivity contribution in [1.82, 2.24) is 5.32 Å². The van der Waals surface area contributed by atoms with Crippen molar-refractivity contribution in [3.8, 4) is 5.75 Å². The van der Waals surface area contributed by atoms with E-state index in [4.69, 9.17) is 4.74 Å². The molecule has 0 aromatic heterocycles. The average molecular weight is 352 g/mol. The number of nitrogens with zero attached hydrogens (tertiary/aromatic N) is 1. The topological polar surface area (TPSA) is 58.6 Å². The number of amides is 1. The van der Waals surface area contributed by atoms with Crippen LogP contribution in [-0.4, -0.2) is 38.4 Å².